The maximum absolute atomic E-state index is 13.6. The Kier molecular flexibility index (Phi) is 4.31. The maximum atomic E-state index is 13.6. The first-order valence-electron chi connectivity index (χ1n) is 11.3. The second-order valence-corrected chi connectivity index (χ2v) is 10.5. The number of H-pyrrole nitrogens is 1. The Labute approximate surface area is 187 Å². The van der Waals surface area contributed by atoms with Crippen LogP contribution in [0.1, 0.15) is 56.9 Å². The number of hydrogen-bond donors (Lipinski definition) is 3. The van der Waals surface area contributed by atoms with E-state index in [0.29, 0.717) is 24.4 Å². The van der Waals surface area contributed by atoms with Gasteiger partial charge in [0.2, 0.25) is 5.91 Å². The zero-order valence-electron chi connectivity index (χ0n) is 18.0. The monoisotopic (exact) mass is 440 g/mol. The van der Waals surface area contributed by atoms with Crippen molar-refractivity contribution in [2.45, 2.75) is 63.5 Å². The van der Waals surface area contributed by atoms with Gasteiger partial charge in [-0.05, 0) is 61.6 Å². The highest BCUT2D eigenvalue weighted by Gasteiger charge is 2.58. The summed E-state index contributed by atoms with van der Waals surface area (Å²) >= 11 is 6.48. The molecule has 5 aliphatic rings. The summed E-state index contributed by atoms with van der Waals surface area (Å²) in [5.74, 6) is 2.16. The van der Waals surface area contributed by atoms with E-state index in [1.807, 2.05) is 36.6 Å². The second-order valence-electron chi connectivity index (χ2n) is 10.1. The van der Waals surface area contributed by atoms with E-state index in [1.54, 1.807) is 0 Å². The van der Waals surface area contributed by atoms with Gasteiger partial charge in [-0.1, -0.05) is 24.6 Å². The van der Waals surface area contributed by atoms with Gasteiger partial charge in [0.25, 0.3) is 0 Å². The highest BCUT2D eigenvalue weighted by molar-refractivity contribution is 6.35. The van der Waals surface area contributed by atoms with Gasteiger partial charge in [0, 0.05) is 48.1 Å². The number of hydrazine groups is 2. The summed E-state index contributed by atoms with van der Waals surface area (Å²) in [4.78, 5) is 19.1. The molecule has 1 amide bonds. The lowest BCUT2D eigenvalue weighted by atomic mass is 9.54. The number of halogens is 1. The van der Waals surface area contributed by atoms with Gasteiger partial charge in [-0.2, -0.15) is 0 Å². The predicted octanol–water partition coefficient (Wildman–Crippen LogP) is 3.74. The number of amidine groups is 1. The standard InChI is InChI=1S/C23H29ClN6O/c1-13(17-12-25-19-5-3-4-18(24)21(17)19)6-20(31)30-15-7-14-8-16(30)11-23(9-14,10-15)22-26-28-29(2)27-22/h3-5,12-16,25,28H,6-11H2,1-2H3,(H,26,27). The molecule has 2 saturated heterocycles. The first kappa shape index (κ1) is 19.4. The van der Waals surface area contributed by atoms with Crippen molar-refractivity contribution >= 4 is 34.2 Å². The Morgan fingerprint density at radius 1 is 1.29 bits per heavy atom. The van der Waals surface area contributed by atoms with Crippen LogP contribution < -0.4 is 11.0 Å². The van der Waals surface area contributed by atoms with Crippen LogP contribution in [-0.2, 0) is 4.79 Å². The predicted molar refractivity (Wildman–Crippen MR) is 121 cm³/mol. The summed E-state index contributed by atoms with van der Waals surface area (Å²) < 4.78 is 0. The van der Waals surface area contributed by atoms with Crippen LogP contribution >= 0.6 is 11.6 Å². The third kappa shape index (κ3) is 2.97. The third-order valence-electron chi connectivity index (χ3n) is 8.00. The molecule has 4 heterocycles. The number of nitrogens with zero attached hydrogens (tertiary/aromatic N) is 3. The summed E-state index contributed by atoms with van der Waals surface area (Å²) in [6.07, 6.45) is 8.02. The molecule has 164 valence electrons. The smallest absolute Gasteiger partial charge is 0.223 e. The average Bonchev–Trinajstić information content (AvgIpc) is 3.35. The van der Waals surface area contributed by atoms with Crippen LogP contribution in [0.3, 0.4) is 0 Å². The van der Waals surface area contributed by atoms with Gasteiger partial charge in [0.05, 0.1) is 5.02 Å². The van der Waals surface area contributed by atoms with Gasteiger partial charge in [0.1, 0.15) is 5.84 Å². The van der Waals surface area contributed by atoms with Gasteiger partial charge in [0.15, 0.2) is 0 Å². The molecule has 3 N–H and O–H groups in total. The zero-order valence-corrected chi connectivity index (χ0v) is 18.7. The van der Waals surface area contributed by atoms with E-state index in [-0.39, 0.29) is 17.2 Å². The second kappa shape index (κ2) is 6.87. The van der Waals surface area contributed by atoms with Crippen LogP contribution in [-0.4, -0.2) is 45.9 Å². The van der Waals surface area contributed by atoms with E-state index in [2.05, 4.69) is 32.9 Å². The lowest BCUT2D eigenvalue weighted by Gasteiger charge is -2.61. The molecule has 7 rings (SSSR count). The van der Waals surface area contributed by atoms with Gasteiger partial charge < -0.3 is 9.88 Å². The Bertz CT molecular complexity index is 1060. The number of nitrogens with one attached hydrogen (secondary N) is 3. The number of carbonyl (C=O) groups is 1. The largest absolute Gasteiger partial charge is 0.361 e. The number of piperidine rings is 2. The zero-order chi connectivity index (χ0) is 21.3. The molecule has 0 spiro atoms. The summed E-state index contributed by atoms with van der Waals surface area (Å²) in [5, 5.41) is 8.16. The van der Waals surface area contributed by atoms with E-state index in [9.17, 15) is 4.79 Å². The third-order valence-corrected chi connectivity index (χ3v) is 8.32. The van der Waals surface area contributed by atoms with Crippen molar-refractivity contribution in [1.82, 2.24) is 26.0 Å². The number of benzene rings is 1. The van der Waals surface area contributed by atoms with Crippen molar-refractivity contribution < 1.29 is 4.79 Å². The quantitative estimate of drug-likeness (QED) is 0.676. The molecule has 3 unspecified atom stereocenters. The number of rotatable bonds is 4. The minimum Gasteiger partial charge on any atom is -0.361 e. The molecule has 0 radical (unpaired) electrons. The molecule has 4 bridgehead atoms. The molecule has 2 aromatic rings. The van der Waals surface area contributed by atoms with Crippen molar-refractivity contribution in [3.8, 4) is 0 Å². The number of amides is 1. The number of aromatic amines is 1. The number of fused-ring (bicyclic) bond motifs is 1. The lowest BCUT2D eigenvalue weighted by Crippen LogP contribution is -2.66. The first-order chi connectivity index (χ1) is 14.9. The number of aromatic nitrogens is 1. The molecule has 1 aromatic heterocycles. The van der Waals surface area contributed by atoms with Crippen molar-refractivity contribution in [2.24, 2.45) is 16.4 Å². The Hall–Kier alpha value is -2.25. The van der Waals surface area contributed by atoms with Gasteiger partial charge >= 0.3 is 0 Å². The Morgan fingerprint density at radius 3 is 2.77 bits per heavy atom. The molecule has 31 heavy (non-hydrogen) atoms. The number of carbonyl (C=O) groups excluding carboxylic acids is 1. The minimum absolute atomic E-state index is 0.0843. The van der Waals surface area contributed by atoms with Crippen molar-refractivity contribution in [2.75, 3.05) is 7.05 Å². The van der Waals surface area contributed by atoms with Crippen LogP contribution in [0.5, 0.6) is 0 Å². The fourth-order valence-corrected chi connectivity index (χ4v) is 7.21. The van der Waals surface area contributed by atoms with E-state index in [4.69, 9.17) is 11.6 Å². The molecule has 7 nitrogen and oxygen atoms in total. The minimum atomic E-state index is 0.0843. The molecule has 2 aliphatic carbocycles. The van der Waals surface area contributed by atoms with Crippen molar-refractivity contribution in [3.63, 3.8) is 0 Å². The summed E-state index contributed by atoms with van der Waals surface area (Å²) in [6, 6.07) is 6.56. The molecule has 3 aliphatic heterocycles. The molecule has 8 heteroatoms. The van der Waals surface area contributed by atoms with Crippen LogP contribution in [0.2, 0.25) is 5.02 Å². The molecule has 2 saturated carbocycles. The number of hydrogen-bond acceptors (Lipinski definition) is 5. The Balaban J connectivity index is 1.22. The molecule has 1 aromatic carbocycles. The highest BCUT2D eigenvalue weighted by Crippen LogP contribution is 2.57. The SMILES string of the molecule is CC(CC(=O)N1C2CC3CC1CC(C1=NNN(C)N1)(C3)C2)c1c[nH]c2cccc(Cl)c12. The molecule has 3 atom stereocenters. The lowest BCUT2D eigenvalue weighted by molar-refractivity contribution is -0.153. The summed E-state index contributed by atoms with van der Waals surface area (Å²) in [6.45, 7) is 2.14. The normalized spacial score (nSPS) is 32.8. The molecule has 4 fully saturated rings. The van der Waals surface area contributed by atoms with Crippen molar-refractivity contribution in [3.05, 3.63) is 35.0 Å². The van der Waals surface area contributed by atoms with Crippen molar-refractivity contribution in [1.29, 1.82) is 0 Å². The number of hydrazone groups is 1. The van der Waals surface area contributed by atoms with E-state index in [0.717, 1.165) is 53.0 Å². The topological polar surface area (TPSA) is 75.8 Å². The van der Waals surface area contributed by atoms with Gasteiger partial charge in [-0.25, -0.2) is 5.53 Å². The summed E-state index contributed by atoms with van der Waals surface area (Å²) in [5.41, 5.74) is 8.63. The highest BCUT2D eigenvalue weighted by atomic mass is 35.5. The molecular weight excluding hydrogens is 412 g/mol. The van der Waals surface area contributed by atoms with Crippen LogP contribution in [0.15, 0.2) is 29.5 Å². The van der Waals surface area contributed by atoms with Crippen LogP contribution in [0.4, 0.5) is 0 Å². The van der Waals surface area contributed by atoms with Gasteiger partial charge in [-0.3, -0.25) is 10.2 Å². The summed E-state index contributed by atoms with van der Waals surface area (Å²) in [7, 11) is 1.94. The van der Waals surface area contributed by atoms with E-state index in [1.165, 1.54) is 6.42 Å². The fourth-order valence-electron chi connectivity index (χ4n) is 6.93. The first-order valence-corrected chi connectivity index (χ1v) is 11.7. The average molecular weight is 441 g/mol. The maximum Gasteiger partial charge on any atom is 0.223 e. The van der Waals surface area contributed by atoms with E-state index < -0.39 is 0 Å². The van der Waals surface area contributed by atoms with Crippen LogP contribution in [0, 0.1) is 11.3 Å². The van der Waals surface area contributed by atoms with E-state index >= 15 is 0 Å². The Morgan fingerprint density at radius 2 is 2.06 bits per heavy atom. The van der Waals surface area contributed by atoms with Crippen LogP contribution in [0.25, 0.3) is 10.9 Å². The van der Waals surface area contributed by atoms with Gasteiger partial charge in [-0.15, -0.1) is 10.2 Å². The molecular formula is C23H29ClN6O. The fraction of sp³-hybridized carbons (Fsp3) is 0.565.